The van der Waals surface area contributed by atoms with Crippen molar-refractivity contribution in [3.63, 3.8) is 0 Å². The Balaban J connectivity index is 2.33. The molecule has 0 radical (unpaired) electrons. The summed E-state index contributed by atoms with van der Waals surface area (Å²) in [6, 6.07) is 3.21. The van der Waals surface area contributed by atoms with E-state index in [1.54, 1.807) is 12.1 Å². The van der Waals surface area contributed by atoms with Crippen LogP contribution in [0.3, 0.4) is 0 Å². The van der Waals surface area contributed by atoms with E-state index in [-0.39, 0.29) is 0 Å². The molecule has 0 spiro atoms. The summed E-state index contributed by atoms with van der Waals surface area (Å²) in [5, 5.41) is 0.383. The molecule has 88 valence electrons. The maximum Gasteiger partial charge on any atom is 0.326 e. The van der Waals surface area contributed by atoms with Gasteiger partial charge in [-0.25, -0.2) is 4.79 Å². The van der Waals surface area contributed by atoms with Gasteiger partial charge in [-0.3, -0.25) is 9.78 Å². The van der Waals surface area contributed by atoms with Crippen molar-refractivity contribution in [1.29, 1.82) is 0 Å². The molecule has 1 aromatic heterocycles. The fourth-order valence-corrected chi connectivity index (χ4v) is 1.82. The van der Waals surface area contributed by atoms with E-state index in [1.807, 2.05) is 0 Å². The van der Waals surface area contributed by atoms with Gasteiger partial charge in [-0.2, -0.15) is 0 Å². The van der Waals surface area contributed by atoms with E-state index in [0.717, 1.165) is 6.42 Å². The number of rotatable bonds is 0. The van der Waals surface area contributed by atoms with Gasteiger partial charge in [0.15, 0.2) is 11.5 Å². The number of benzene rings is 1. The molecule has 1 aliphatic heterocycles. The first-order valence-corrected chi connectivity index (χ1v) is 5.30. The largest absolute Gasteiger partial charge is 0.490 e. The van der Waals surface area contributed by atoms with E-state index in [4.69, 9.17) is 9.47 Å². The summed E-state index contributed by atoms with van der Waals surface area (Å²) in [5.74, 6) is 1.09. The standard InChI is InChI=1S/C11H10N2O4/c14-10-6-4-8-9(17-3-1-2-16-8)5-7(6)12-11(15)13-10/h4-5H,1-3H2,(H2,12,13,14,15). The third-order valence-electron chi connectivity index (χ3n) is 2.61. The minimum Gasteiger partial charge on any atom is -0.490 e. The van der Waals surface area contributed by atoms with Gasteiger partial charge in [0, 0.05) is 12.5 Å². The lowest BCUT2D eigenvalue weighted by molar-refractivity contribution is 0.297. The molecule has 0 saturated carbocycles. The van der Waals surface area contributed by atoms with Gasteiger partial charge >= 0.3 is 5.69 Å². The molecule has 0 fully saturated rings. The smallest absolute Gasteiger partial charge is 0.326 e. The van der Waals surface area contributed by atoms with E-state index in [1.165, 1.54) is 0 Å². The summed E-state index contributed by atoms with van der Waals surface area (Å²) < 4.78 is 10.9. The van der Waals surface area contributed by atoms with E-state index in [2.05, 4.69) is 9.97 Å². The fourth-order valence-electron chi connectivity index (χ4n) is 1.82. The third kappa shape index (κ3) is 1.67. The fraction of sp³-hybridized carbons (Fsp3) is 0.273. The van der Waals surface area contributed by atoms with Crippen LogP contribution in [0.4, 0.5) is 0 Å². The molecule has 2 N–H and O–H groups in total. The number of nitrogens with one attached hydrogen (secondary N) is 2. The number of aromatic nitrogens is 2. The van der Waals surface area contributed by atoms with Crippen LogP contribution in [0, 0.1) is 0 Å². The molecule has 2 aromatic rings. The van der Waals surface area contributed by atoms with Crippen LogP contribution in [0.1, 0.15) is 6.42 Å². The highest BCUT2D eigenvalue weighted by atomic mass is 16.5. The van der Waals surface area contributed by atoms with Crippen LogP contribution < -0.4 is 20.7 Å². The molecule has 0 saturated heterocycles. The Bertz CT molecular complexity index is 686. The van der Waals surface area contributed by atoms with Crippen molar-refractivity contribution in [2.24, 2.45) is 0 Å². The van der Waals surface area contributed by atoms with Crippen molar-refractivity contribution in [2.75, 3.05) is 13.2 Å². The summed E-state index contributed by atoms with van der Waals surface area (Å²) in [6.45, 7) is 1.12. The predicted octanol–water partition coefficient (Wildman–Crippen LogP) is 0.378. The summed E-state index contributed by atoms with van der Waals surface area (Å²) in [6.07, 6.45) is 0.790. The molecule has 0 atom stereocenters. The van der Waals surface area contributed by atoms with Crippen LogP contribution in [-0.2, 0) is 0 Å². The Labute approximate surface area is 95.2 Å². The van der Waals surface area contributed by atoms with Crippen molar-refractivity contribution in [1.82, 2.24) is 9.97 Å². The molecule has 3 rings (SSSR count). The Morgan fingerprint density at radius 1 is 1.00 bits per heavy atom. The molecule has 1 aromatic carbocycles. The van der Waals surface area contributed by atoms with E-state index >= 15 is 0 Å². The SMILES string of the molecule is O=c1[nH]c(=O)c2cc3c(cc2[nH]1)OCCCO3. The van der Waals surface area contributed by atoms with Crippen LogP contribution >= 0.6 is 0 Å². The maximum absolute atomic E-state index is 11.6. The van der Waals surface area contributed by atoms with Crippen LogP contribution in [0.15, 0.2) is 21.7 Å². The van der Waals surface area contributed by atoms with Crippen molar-refractivity contribution in [2.45, 2.75) is 6.42 Å². The second-order valence-corrected chi connectivity index (χ2v) is 3.80. The third-order valence-corrected chi connectivity index (χ3v) is 2.61. The zero-order valence-corrected chi connectivity index (χ0v) is 8.91. The number of H-pyrrole nitrogens is 2. The maximum atomic E-state index is 11.6. The van der Waals surface area contributed by atoms with Gasteiger partial charge in [0.05, 0.1) is 24.1 Å². The van der Waals surface area contributed by atoms with Crippen LogP contribution in [0.25, 0.3) is 10.9 Å². The Morgan fingerprint density at radius 3 is 2.47 bits per heavy atom. The lowest BCUT2D eigenvalue weighted by Crippen LogP contribution is -2.21. The van der Waals surface area contributed by atoms with Crippen LogP contribution in [0.2, 0.25) is 0 Å². The summed E-state index contributed by atoms with van der Waals surface area (Å²) in [7, 11) is 0. The van der Waals surface area contributed by atoms with E-state index < -0.39 is 11.2 Å². The lowest BCUT2D eigenvalue weighted by atomic mass is 10.2. The lowest BCUT2D eigenvalue weighted by Gasteiger charge is -2.07. The molecule has 2 heterocycles. The van der Waals surface area contributed by atoms with Gasteiger partial charge in [-0.15, -0.1) is 0 Å². The van der Waals surface area contributed by atoms with Crippen molar-refractivity contribution in [3.8, 4) is 11.5 Å². The molecule has 0 amide bonds. The first-order valence-electron chi connectivity index (χ1n) is 5.30. The average Bonchev–Trinajstić information content (AvgIpc) is 2.51. The Hall–Kier alpha value is -2.24. The Kier molecular flexibility index (Phi) is 2.14. The quantitative estimate of drug-likeness (QED) is 0.690. The molecular weight excluding hydrogens is 224 g/mol. The minimum absolute atomic E-state index is 0.383. The second kappa shape index (κ2) is 3.65. The number of hydrogen-bond donors (Lipinski definition) is 2. The number of fused-ring (bicyclic) bond motifs is 2. The number of hydrogen-bond acceptors (Lipinski definition) is 4. The molecule has 6 nitrogen and oxygen atoms in total. The monoisotopic (exact) mass is 234 g/mol. The highest BCUT2D eigenvalue weighted by Crippen LogP contribution is 2.31. The molecule has 17 heavy (non-hydrogen) atoms. The van der Waals surface area contributed by atoms with Gasteiger partial charge in [0.1, 0.15) is 0 Å². The van der Waals surface area contributed by atoms with Gasteiger partial charge in [-0.1, -0.05) is 0 Å². The van der Waals surface area contributed by atoms with Gasteiger partial charge in [0.2, 0.25) is 0 Å². The van der Waals surface area contributed by atoms with E-state index in [9.17, 15) is 9.59 Å². The number of aromatic amines is 2. The zero-order chi connectivity index (χ0) is 11.8. The molecule has 0 bridgehead atoms. The van der Waals surface area contributed by atoms with Crippen molar-refractivity contribution >= 4 is 10.9 Å². The van der Waals surface area contributed by atoms with Crippen LogP contribution in [-0.4, -0.2) is 23.2 Å². The summed E-state index contributed by atoms with van der Waals surface area (Å²) in [5.41, 5.74) is -0.514. The number of ether oxygens (including phenoxy) is 2. The first kappa shape index (κ1) is 9.95. The molecule has 6 heteroatoms. The normalized spacial score (nSPS) is 14.6. The molecule has 0 unspecified atom stereocenters. The van der Waals surface area contributed by atoms with Crippen molar-refractivity contribution < 1.29 is 9.47 Å². The van der Waals surface area contributed by atoms with Gasteiger partial charge in [-0.05, 0) is 6.07 Å². The van der Waals surface area contributed by atoms with Gasteiger partial charge in [0.25, 0.3) is 5.56 Å². The zero-order valence-electron chi connectivity index (χ0n) is 8.91. The van der Waals surface area contributed by atoms with Gasteiger partial charge < -0.3 is 14.5 Å². The predicted molar refractivity (Wildman–Crippen MR) is 60.8 cm³/mol. The second-order valence-electron chi connectivity index (χ2n) is 3.80. The highest BCUT2D eigenvalue weighted by Gasteiger charge is 2.13. The summed E-state index contributed by atoms with van der Waals surface area (Å²) in [4.78, 5) is 27.5. The Morgan fingerprint density at radius 2 is 1.71 bits per heavy atom. The molecular formula is C11H10N2O4. The minimum atomic E-state index is -0.531. The summed E-state index contributed by atoms with van der Waals surface area (Å²) >= 11 is 0. The van der Waals surface area contributed by atoms with Crippen molar-refractivity contribution in [3.05, 3.63) is 33.0 Å². The molecule has 0 aliphatic carbocycles. The van der Waals surface area contributed by atoms with E-state index in [0.29, 0.717) is 35.6 Å². The average molecular weight is 234 g/mol. The topological polar surface area (TPSA) is 84.2 Å². The highest BCUT2D eigenvalue weighted by molar-refractivity contribution is 5.81. The molecule has 1 aliphatic rings. The van der Waals surface area contributed by atoms with Crippen LogP contribution in [0.5, 0.6) is 11.5 Å². The first-order chi connectivity index (χ1) is 8.24.